The van der Waals surface area contributed by atoms with Gasteiger partial charge in [-0.25, -0.2) is 0 Å². The summed E-state index contributed by atoms with van der Waals surface area (Å²) in [4.78, 5) is 0. The van der Waals surface area contributed by atoms with Crippen LogP contribution in [0.3, 0.4) is 0 Å². The van der Waals surface area contributed by atoms with Crippen LogP contribution in [-0.2, 0) is 0 Å². The van der Waals surface area contributed by atoms with Crippen molar-refractivity contribution in [3.05, 3.63) is 109 Å². The van der Waals surface area contributed by atoms with E-state index in [4.69, 9.17) is 17.7 Å². The second kappa shape index (κ2) is 7.13. The molecule has 202 valence electrons. The Balaban J connectivity index is 1.36. The van der Waals surface area contributed by atoms with Crippen LogP contribution in [0.4, 0.5) is 0 Å². The van der Waals surface area contributed by atoms with E-state index in [1.807, 2.05) is 12.1 Å². The predicted molar refractivity (Wildman–Crippen MR) is 177 cm³/mol. The van der Waals surface area contributed by atoms with Crippen LogP contribution in [0.1, 0.15) is 0 Å². The zero-order chi connectivity index (χ0) is 28.3. The topological polar surface area (TPSA) is 52.6 Å². The molecule has 0 fully saturated rings. The van der Waals surface area contributed by atoms with E-state index >= 15 is 0 Å². The maximum Gasteiger partial charge on any atom is 0.144 e. The molecule has 0 unspecified atom stereocenters. The van der Waals surface area contributed by atoms with Crippen molar-refractivity contribution in [1.29, 1.82) is 0 Å². The van der Waals surface area contributed by atoms with Crippen LogP contribution in [0.2, 0.25) is 0 Å². The number of hydrogen-bond acceptors (Lipinski definition) is 4. The monoisotopic (exact) mass is 562 g/mol. The maximum atomic E-state index is 6.95. The van der Waals surface area contributed by atoms with E-state index in [1.165, 1.54) is 0 Å². The predicted octanol–water partition coefficient (Wildman–Crippen LogP) is 12.0. The third-order valence-corrected chi connectivity index (χ3v) is 9.75. The van der Waals surface area contributed by atoms with Crippen molar-refractivity contribution in [3.8, 4) is 33.4 Å². The van der Waals surface area contributed by atoms with Gasteiger partial charge in [-0.2, -0.15) is 0 Å². The summed E-state index contributed by atoms with van der Waals surface area (Å²) in [5.74, 6) is 0. The van der Waals surface area contributed by atoms with Crippen molar-refractivity contribution >= 4 is 87.8 Å². The van der Waals surface area contributed by atoms with E-state index in [0.29, 0.717) is 0 Å². The fourth-order valence-electron chi connectivity index (χ4n) is 8.02. The Hall–Kier alpha value is -6.00. The molecule has 0 radical (unpaired) electrons. The van der Waals surface area contributed by atoms with Crippen LogP contribution >= 0.6 is 0 Å². The minimum absolute atomic E-state index is 0.826. The van der Waals surface area contributed by atoms with Gasteiger partial charge in [-0.1, -0.05) is 60.7 Å². The van der Waals surface area contributed by atoms with Gasteiger partial charge in [-0.3, -0.25) is 0 Å². The van der Waals surface area contributed by atoms with Gasteiger partial charge in [0, 0.05) is 54.9 Å². The lowest BCUT2D eigenvalue weighted by atomic mass is 9.84. The average molecular weight is 563 g/mol. The minimum atomic E-state index is 0.826. The minimum Gasteiger partial charge on any atom is -0.456 e. The first-order valence-electron chi connectivity index (χ1n) is 14.8. The average Bonchev–Trinajstić information content (AvgIpc) is 3.07. The third kappa shape index (κ3) is 2.38. The maximum absolute atomic E-state index is 6.95. The van der Waals surface area contributed by atoms with E-state index < -0.39 is 0 Å². The lowest BCUT2D eigenvalue weighted by molar-refractivity contribution is 0.644. The lowest BCUT2D eigenvalue weighted by Gasteiger charge is -2.23. The normalized spacial score (nSPS) is 13.0. The molecule has 4 heteroatoms. The van der Waals surface area contributed by atoms with Gasteiger partial charge >= 0.3 is 0 Å². The Kier molecular flexibility index (Phi) is 3.51. The quantitative estimate of drug-likeness (QED) is 0.147. The zero-order valence-corrected chi connectivity index (χ0v) is 23.0. The number of benzene rings is 8. The van der Waals surface area contributed by atoms with Crippen molar-refractivity contribution in [1.82, 2.24) is 0 Å². The number of rotatable bonds is 1. The number of hydrogen-bond donors (Lipinski definition) is 0. The molecule has 0 spiro atoms. The molecule has 4 aliphatic rings. The summed E-state index contributed by atoms with van der Waals surface area (Å²) in [5, 5.41) is 8.78. The second-order valence-electron chi connectivity index (χ2n) is 12.0. The Morgan fingerprint density at radius 2 is 0.682 bits per heavy atom. The molecule has 44 heavy (non-hydrogen) atoms. The molecule has 0 aromatic heterocycles. The standard InChI is InChI=1S/C40H18O4/c1-5-19-13-15-29-35-31(19)27(11-1)43-39-23(17-21-7-3-9-25(41-29)33(21)37(35)39)24-18-22-8-4-10-26-34(22)38-36-30(42-26)16-14-20-6-2-12-28(32(20)36)44-40(24)38/h1-18H. The molecule has 0 amide bonds. The molecular formula is C40H18O4. The smallest absolute Gasteiger partial charge is 0.144 e. The molecule has 0 aliphatic carbocycles. The van der Waals surface area contributed by atoms with Crippen molar-refractivity contribution in [2.24, 2.45) is 0 Å². The van der Waals surface area contributed by atoms with Crippen LogP contribution in [0.15, 0.2) is 127 Å². The summed E-state index contributed by atoms with van der Waals surface area (Å²) >= 11 is 0. The highest BCUT2D eigenvalue weighted by atomic mass is 16.3. The Morgan fingerprint density at radius 1 is 0.295 bits per heavy atom. The Labute approximate surface area is 247 Å². The summed E-state index contributed by atoms with van der Waals surface area (Å²) in [7, 11) is 0. The molecule has 0 saturated heterocycles. The van der Waals surface area contributed by atoms with Crippen LogP contribution in [0, 0.1) is 0 Å². The molecule has 0 atom stereocenters. The van der Waals surface area contributed by atoms with E-state index in [2.05, 4.69) is 97.1 Å². The molecule has 0 N–H and O–H groups in total. The van der Waals surface area contributed by atoms with Crippen LogP contribution in [-0.4, -0.2) is 0 Å². The molecule has 4 heterocycles. The molecule has 12 rings (SSSR count). The highest BCUT2D eigenvalue weighted by Crippen LogP contribution is 2.54. The van der Waals surface area contributed by atoms with Gasteiger partial charge in [0.25, 0.3) is 0 Å². The molecule has 4 nitrogen and oxygen atoms in total. The second-order valence-corrected chi connectivity index (χ2v) is 12.0. The van der Waals surface area contributed by atoms with Crippen LogP contribution in [0.5, 0.6) is 0 Å². The largest absolute Gasteiger partial charge is 0.456 e. The lowest BCUT2D eigenvalue weighted by Crippen LogP contribution is -1.98. The van der Waals surface area contributed by atoms with Gasteiger partial charge in [-0.05, 0) is 70.1 Å². The molecule has 0 bridgehead atoms. The first-order valence-corrected chi connectivity index (χ1v) is 14.8. The molecule has 8 aromatic rings. The van der Waals surface area contributed by atoms with Crippen LogP contribution in [0.25, 0.3) is 121 Å². The highest BCUT2D eigenvalue weighted by Gasteiger charge is 2.30. The summed E-state index contributed by atoms with van der Waals surface area (Å²) < 4.78 is 27.0. The molecular weight excluding hydrogens is 544 g/mol. The van der Waals surface area contributed by atoms with E-state index in [0.717, 1.165) is 121 Å². The molecule has 4 aliphatic heterocycles. The van der Waals surface area contributed by atoms with Crippen molar-refractivity contribution in [2.45, 2.75) is 0 Å². The zero-order valence-electron chi connectivity index (χ0n) is 23.0. The molecule has 8 aromatic carbocycles. The Bertz CT molecular complexity index is 2840. The van der Waals surface area contributed by atoms with E-state index in [1.54, 1.807) is 0 Å². The van der Waals surface area contributed by atoms with Gasteiger partial charge < -0.3 is 17.7 Å². The van der Waals surface area contributed by atoms with E-state index in [-0.39, 0.29) is 0 Å². The summed E-state index contributed by atoms with van der Waals surface area (Å²) in [6.45, 7) is 0. The first kappa shape index (κ1) is 21.7. The first-order chi connectivity index (χ1) is 21.8. The van der Waals surface area contributed by atoms with Crippen molar-refractivity contribution < 1.29 is 17.7 Å². The Morgan fingerprint density at radius 3 is 1.14 bits per heavy atom. The van der Waals surface area contributed by atoms with E-state index in [9.17, 15) is 0 Å². The molecule has 0 saturated carbocycles. The SMILES string of the molecule is c1cc2ccc3oc4cccc5cc(-c6cc7cccc8oc9ccc%10cccc%11oc6c(c78)-c9c%10%11)c6oc(c1)c2c3-c6c54. The van der Waals surface area contributed by atoms with Crippen LogP contribution < -0.4 is 0 Å². The van der Waals surface area contributed by atoms with Gasteiger partial charge in [-0.15, -0.1) is 0 Å². The van der Waals surface area contributed by atoms with Gasteiger partial charge in [0.2, 0.25) is 0 Å². The van der Waals surface area contributed by atoms with Gasteiger partial charge in [0.15, 0.2) is 0 Å². The highest BCUT2D eigenvalue weighted by molar-refractivity contribution is 6.29. The fourth-order valence-corrected chi connectivity index (χ4v) is 8.02. The van der Waals surface area contributed by atoms with Gasteiger partial charge in [0.1, 0.15) is 44.7 Å². The van der Waals surface area contributed by atoms with Crippen molar-refractivity contribution in [2.75, 3.05) is 0 Å². The van der Waals surface area contributed by atoms with Crippen molar-refractivity contribution in [3.63, 3.8) is 0 Å². The summed E-state index contributed by atoms with van der Waals surface area (Å²) in [6, 6.07) is 37.9. The summed E-state index contributed by atoms with van der Waals surface area (Å²) in [5.41, 5.74) is 13.0. The third-order valence-electron chi connectivity index (χ3n) is 9.75. The fraction of sp³-hybridized carbons (Fsp3) is 0. The van der Waals surface area contributed by atoms with Gasteiger partial charge in [0.05, 0.1) is 0 Å². The summed E-state index contributed by atoms with van der Waals surface area (Å²) in [6.07, 6.45) is 0.